The summed E-state index contributed by atoms with van der Waals surface area (Å²) in [6.45, 7) is 4.12. The van der Waals surface area contributed by atoms with Gasteiger partial charge in [0.1, 0.15) is 0 Å². The van der Waals surface area contributed by atoms with Gasteiger partial charge < -0.3 is 9.68 Å². The molecule has 2 aliphatic rings. The Kier molecular flexibility index (Phi) is 6.00. The topological polar surface area (TPSA) is 78.8 Å². The zero-order valence-corrected chi connectivity index (χ0v) is 22.3. The predicted octanol–water partition coefficient (Wildman–Crippen LogP) is 6.41. The molecule has 0 saturated heterocycles. The molecule has 2 atom stereocenters. The Bertz CT molecular complexity index is 1590. The Morgan fingerprint density at radius 1 is 0.575 bits per heavy atom. The van der Waals surface area contributed by atoms with E-state index in [1.54, 1.807) is 0 Å². The Hall–Kier alpha value is -4.98. The molecule has 7 rings (SSSR count). The average molecular weight is 529 g/mol. The molecule has 2 aliphatic heterocycles. The first-order chi connectivity index (χ1) is 19.7. The molecule has 0 spiro atoms. The van der Waals surface area contributed by atoms with Gasteiger partial charge in [-0.2, -0.15) is 10.2 Å². The second kappa shape index (κ2) is 9.96. The second-order valence-electron chi connectivity index (χ2n) is 10.1. The molecule has 0 radical (unpaired) electrons. The van der Waals surface area contributed by atoms with Gasteiger partial charge in [0.05, 0.1) is 46.6 Å². The zero-order chi connectivity index (χ0) is 27.1. The third-order valence-electron chi connectivity index (χ3n) is 7.66. The third kappa shape index (κ3) is 4.27. The molecular weight excluding hydrogens is 500 g/mol. The minimum Gasteiger partial charge on any atom is -0.387 e. The summed E-state index contributed by atoms with van der Waals surface area (Å²) < 4.78 is 3.87. The summed E-state index contributed by atoms with van der Waals surface area (Å²) in [5.74, 6) is 0. The van der Waals surface area contributed by atoms with Crippen LogP contribution in [0, 0.1) is 13.8 Å². The van der Waals surface area contributed by atoms with E-state index in [0.717, 1.165) is 56.4 Å². The van der Waals surface area contributed by atoms with Crippen molar-refractivity contribution in [1.29, 1.82) is 0 Å². The zero-order valence-electron chi connectivity index (χ0n) is 22.3. The maximum atomic E-state index is 5.86. The highest BCUT2D eigenvalue weighted by Gasteiger charge is 2.29. The number of aromatic nitrogens is 4. The van der Waals surface area contributed by atoms with Crippen LogP contribution in [-0.2, 0) is 9.68 Å². The van der Waals surface area contributed by atoms with Gasteiger partial charge in [-0.3, -0.25) is 0 Å². The van der Waals surface area contributed by atoms with E-state index < -0.39 is 0 Å². The van der Waals surface area contributed by atoms with Crippen LogP contribution in [0.15, 0.2) is 108 Å². The van der Waals surface area contributed by atoms with Crippen molar-refractivity contribution in [2.45, 2.75) is 38.9 Å². The Labute approximate surface area is 232 Å². The van der Waals surface area contributed by atoms with E-state index in [1.165, 1.54) is 0 Å². The normalized spacial score (nSPS) is 18.2. The summed E-state index contributed by atoms with van der Waals surface area (Å²) in [7, 11) is 0. The molecule has 2 unspecified atom stereocenters. The predicted molar refractivity (Wildman–Crippen MR) is 153 cm³/mol. The lowest BCUT2D eigenvalue weighted by molar-refractivity contribution is 0.0832. The maximum absolute atomic E-state index is 5.86. The van der Waals surface area contributed by atoms with Crippen LogP contribution in [0.2, 0.25) is 0 Å². The molecule has 0 fully saturated rings. The monoisotopic (exact) mass is 528 g/mol. The summed E-state index contributed by atoms with van der Waals surface area (Å²) in [6, 6.07) is 28.6. The smallest absolute Gasteiger partial charge is 0.158 e. The largest absolute Gasteiger partial charge is 0.387 e. The van der Waals surface area contributed by atoms with E-state index in [1.807, 2.05) is 82.4 Å². The highest BCUT2D eigenvalue weighted by molar-refractivity contribution is 6.02. The van der Waals surface area contributed by atoms with E-state index in [4.69, 9.17) is 9.68 Å². The van der Waals surface area contributed by atoms with Gasteiger partial charge in [-0.25, -0.2) is 9.36 Å². The molecule has 4 heterocycles. The number of nitrogens with zero attached hydrogens (tertiary/aromatic N) is 6. The molecular formula is C32H28N6O2. The minimum absolute atomic E-state index is 0.133. The molecule has 40 heavy (non-hydrogen) atoms. The molecule has 2 aromatic heterocycles. The average Bonchev–Trinajstić information content (AvgIpc) is 3.81. The highest BCUT2D eigenvalue weighted by atomic mass is 16.6. The molecule has 0 N–H and O–H groups in total. The molecule has 0 amide bonds. The number of rotatable bonds is 6. The van der Waals surface area contributed by atoms with Crippen molar-refractivity contribution in [1.82, 2.24) is 19.6 Å². The molecule has 0 bridgehead atoms. The van der Waals surface area contributed by atoms with Gasteiger partial charge in [0.15, 0.2) is 12.2 Å². The van der Waals surface area contributed by atoms with Crippen molar-refractivity contribution in [3.63, 3.8) is 0 Å². The van der Waals surface area contributed by atoms with Gasteiger partial charge in [-0.05, 0) is 49.2 Å². The van der Waals surface area contributed by atoms with Crippen molar-refractivity contribution in [3.8, 4) is 11.4 Å². The Morgan fingerprint density at radius 3 is 1.38 bits per heavy atom. The van der Waals surface area contributed by atoms with Crippen molar-refractivity contribution < 1.29 is 9.68 Å². The van der Waals surface area contributed by atoms with Crippen LogP contribution in [0.3, 0.4) is 0 Å². The van der Waals surface area contributed by atoms with Crippen molar-refractivity contribution in [2.24, 2.45) is 10.3 Å². The molecule has 198 valence electrons. The first kappa shape index (κ1) is 24.1. The lowest BCUT2D eigenvalue weighted by atomic mass is 9.97. The Morgan fingerprint density at radius 2 is 0.975 bits per heavy atom. The number of para-hydroxylation sites is 2. The van der Waals surface area contributed by atoms with Crippen LogP contribution < -0.4 is 0 Å². The lowest BCUT2D eigenvalue weighted by Crippen LogP contribution is -2.05. The second-order valence-corrected chi connectivity index (χ2v) is 10.1. The number of hydrogen-bond donors (Lipinski definition) is 0. The summed E-state index contributed by atoms with van der Waals surface area (Å²) >= 11 is 0. The third-order valence-corrected chi connectivity index (χ3v) is 7.66. The lowest BCUT2D eigenvalue weighted by Gasteiger charge is -2.12. The highest BCUT2D eigenvalue weighted by Crippen LogP contribution is 2.34. The SMILES string of the molecule is Cc1c(C2=NOC(c3ccc(C4CC(c5cnn(-c6ccccc6)c5C)=NO4)cc3)C2)cnn1-c1ccccc1. The summed E-state index contributed by atoms with van der Waals surface area (Å²) in [5, 5.41) is 18.0. The van der Waals surface area contributed by atoms with Crippen molar-refractivity contribution in [2.75, 3.05) is 0 Å². The van der Waals surface area contributed by atoms with Crippen LogP contribution in [0.5, 0.6) is 0 Å². The van der Waals surface area contributed by atoms with Gasteiger partial charge >= 0.3 is 0 Å². The summed E-state index contributed by atoms with van der Waals surface area (Å²) in [6.07, 6.45) is 4.86. The summed E-state index contributed by atoms with van der Waals surface area (Å²) in [4.78, 5) is 11.7. The number of hydrogen-bond acceptors (Lipinski definition) is 6. The molecule has 8 nitrogen and oxygen atoms in total. The van der Waals surface area contributed by atoms with Crippen LogP contribution in [0.4, 0.5) is 0 Å². The standard InChI is InChI=1S/C32H28N6O2/c1-21-27(19-33-37(21)25-9-5-3-6-10-25)29-17-31(39-35-29)23-13-15-24(16-14-23)32-18-30(36-40-32)28-20-34-38(22(28)2)26-11-7-4-8-12-26/h3-16,19-20,31-32H,17-18H2,1-2H3. The van der Waals surface area contributed by atoms with E-state index in [-0.39, 0.29) is 12.2 Å². The fourth-order valence-corrected chi connectivity index (χ4v) is 5.40. The van der Waals surface area contributed by atoms with E-state index >= 15 is 0 Å². The van der Waals surface area contributed by atoms with Gasteiger partial charge in [-0.1, -0.05) is 71.0 Å². The molecule has 0 aliphatic carbocycles. The van der Waals surface area contributed by atoms with Gasteiger partial charge in [-0.15, -0.1) is 0 Å². The van der Waals surface area contributed by atoms with E-state index in [9.17, 15) is 0 Å². The van der Waals surface area contributed by atoms with Crippen molar-refractivity contribution in [3.05, 3.63) is 131 Å². The quantitative estimate of drug-likeness (QED) is 0.255. The van der Waals surface area contributed by atoms with E-state index in [2.05, 4.69) is 58.6 Å². The molecule has 5 aromatic rings. The van der Waals surface area contributed by atoms with Gasteiger partial charge in [0.25, 0.3) is 0 Å². The number of oxime groups is 2. The van der Waals surface area contributed by atoms with Crippen LogP contribution in [-0.4, -0.2) is 31.0 Å². The first-order valence-electron chi connectivity index (χ1n) is 13.4. The first-order valence-corrected chi connectivity index (χ1v) is 13.4. The fourth-order valence-electron chi connectivity index (χ4n) is 5.40. The van der Waals surface area contributed by atoms with Crippen molar-refractivity contribution >= 4 is 11.4 Å². The molecule has 8 heteroatoms. The van der Waals surface area contributed by atoms with Crippen LogP contribution in [0.25, 0.3) is 11.4 Å². The van der Waals surface area contributed by atoms with Crippen LogP contribution >= 0.6 is 0 Å². The maximum Gasteiger partial charge on any atom is 0.158 e. The fraction of sp³-hybridized carbons (Fsp3) is 0.188. The summed E-state index contributed by atoms with van der Waals surface area (Å²) in [5.41, 5.74) is 10.2. The number of benzene rings is 3. The Balaban J connectivity index is 1.01. The molecule has 0 saturated carbocycles. The van der Waals surface area contributed by atoms with Gasteiger partial charge in [0.2, 0.25) is 0 Å². The van der Waals surface area contributed by atoms with E-state index in [0.29, 0.717) is 12.8 Å². The van der Waals surface area contributed by atoms with Crippen LogP contribution in [0.1, 0.15) is 58.7 Å². The van der Waals surface area contributed by atoms with Gasteiger partial charge in [0, 0.05) is 24.0 Å². The molecule has 3 aromatic carbocycles. The minimum atomic E-state index is -0.133.